The van der Waals surface area contributed by atoms with E-state index in [9.17, 15) is 19.2 Å². The Bertz CT molecular complexity index is 1150. The van der Waals surface area contributed by atoms with Gasteiger partial charge in [-0.3, -0.25) is 33.7 Å². The Morgan fingerprint density at radius 3 is 2.42 bits per heavy atom. The molecule has 1 aromatic carbocycles. The van der Waals surface area contributed by atoms with Gasteiger partial charge in [0.1, 0.15) is 11.6 Å². The molecule has 0 saturated carbocycles. The Labute approximate surface area is 192 Å². The molecular weight excluding hydrogens is 424 g/mol. The first kappa shape index (κ1) is 23.2. The summed E-state index contributed by atoms with van der Waals surface area (Å²) in [7, 11) is 1.71. The molecule has 0 bridgehead atoms. The average Bonchev–Trinajstić information content (AvgIpc) is 2.97. The predicted octanol–water partition coefficient (Wildman–Crippen LogP) is 1.84. The van der Waals surface area contributed by atoms with Crippen molar-refractivity contribution >= 4 is 28.8 Å². The van der Waals surface area contributed by atoms with E-state index < -0.39 is 17.6 Å². The molecule has 0 radical (unpaired) electrons. The molecule has 1 N–H and O–H groups in total. The zero-order chi connectivity index (χ0) is 23.9. The molecule has 3 heterocycles. The molecule has 2 aliphatic heterocycles. The van der Waals surface area contributed by atoms with Crippen LogP contribution in [0, 0.1) is 0 Å². The van der Waals surface area contributed by atoms with Gasteiger partial charge in [0.25, 0.3) is 0 Å². The number of benzene rings is 1. The summed E-state index contributed by atoms with van der Waals surface area (Å²) in [6.07, 6.45) is 2.37. The summed E-state index contributed by atoms with van der Waals surface area (Å²) >= 11 is 0. The Morgan fingerprint density at radius 2 is 1.79 bits per heavy atom. The van der Waals surface area contributed by atoms with E-state index in [1.807, 2.05) is 39.0 Å². The number of hydrogen-bond donors (Lipinski definition) is 1. The molecule has 0 spiro atoms. The van der Waals surface area contributed by atoms with Crippen LogP contribution in [0.1, 0.15) is 64.0 Å². The molecule has 178 valence electrons. The number of piperidine rings is 2. The minimum Gasteiger partial charge on any atom is -0.459 e. The SMILES string of the molecule is Cn1c(=O)n(C2CCC(=O)NC2=O)c2ccc(C3CCN(CC(=O)OC(C)(C)C)CC3)cc21. The van der Waals surface area contributed by atoms with Crippen molar-refractivity contribution in [2.24, 2.45) is 7.05 Å². The fourth-order valence-electron chi connectivity index (χ4n) is 4.84. The van der Waals surface area contributed by atoms with Crippen LogP contribution in [0.3, 0.4) is 0 Å². The van der Waals surface area contributed by atoms with Crippen LogP contribution in [0.25, 0.3) is 11.0 Å². The maximum Gasteiger partial charge on any atom is 0.329 e. The van der Waals surface area contributed by atoms with Crippen molar-refractivity contribution in [3.8, 4) is 0 Å². The van der Waals surface area contributed by atoms with Crippen LogP contribution in [-0.2, 0) is 26.2 Å². The van der Waals surface area contributed by atoms with Gasteiger partial charge in [0.15, 0.2) is 0 Å². The summed E-state index contributed by atoms with van der Waals surface area (Å²) in [5.74, 6) is -0.599. The number of aromatic nitrogens is 2. The highest BCUT2D eigenvalue weighted by atomic mass is 16.6. The number of esters is 1. The average molecular weight is 457 g/mol. The first-order valence-corrected chi connectivity index (χ1v) is 11.5. The number of rotatable bonds is 4. The molecule has 2 aromatic rings. The van der Waals surface area contributed by atoms with Gasteiger partial charge in [0, 0.05) is 13.5 Å². The second-order valence-electron chi connectivity index (χ2n) is 10.1. The van der Waals surface area contributed by atoms with E-state index in [0.717, 1.165) is 37.0 Å². The van der Waals surface area contributed by atoms with Crippen molar-refractivity contribution in [1.82, 2.24) is 19.4 Å². The quantitative estimate of drug-likeness (QED) is 0.556. The predicted molar refractivity (Wildman–Crippen MR) is 123 cm³/mol. The lowest BCUT2D eigenvalue weighted by Gasteiger charge is -2.32. The second kappa shape index (κ2) is 8.78. The summed E-state index contributed by atoms with van der Waals surface area (Å²) in [6, 6.07) is 5.29. The second-order valence-corrected chi connectivity index (χ2v) is 10.1. The molecule has 2 fully saturated rings. The Balaban J connectivity index is 1.49. The highest BCUT2D eigenvalue weighted by molar-refractivity contribution is 6.00. The Morgan fingerprint density at radius 1 is 1.09 bits per heavy atom. The highest BCUT2D eigenvalue weighted by Gasteiger charge is 2.31. The van der Waals surface area contributed by atoms with Crippen molar-refractivity contribution in [3.63, 3.8) is 0 Å². The largest absolute Gasteiger partial charge is 0.459 e. The number of ether oxygens (including phenoxy) is 1. The number of fused-ring (bicyclic) bond motifs is 1. The molecule has 1 aromatic heterocycles. The van der Waals surface area contributed by atoms with E-state index in [4.69, 9.17) is 4.74 Å². The Kier molecular flexibility index (Phi) is 6.18. The monoisotopic (exact) mass is 456 g/mol. The van der Waals surface area contributed by atoms with Crippen LogP contribution in [0.4, 0.5) is 0 Å². The first-order valence-electron chi connectivity index (χ1n) is 11.5. The lowest BCUT2D eigenvalue weighted by atomic mass is 9.89. The lowest BCUT2D eigenvalue weighted by Crippen LogP contribution is -2.44. The number of aryl methyl sites for hydroxylation is 1. The van der Waals surface area contributed by atoms with Crippen molar-refractivity contribution < 1.29 is 19.1 Å². The number of imide groups is 1. The zero-order valence-electron chi connectivity index (χ0n) is 19.7. The van der Waals surface area contributed by atoms with Gasteiger partial charge in [0.2, 0.25) is 11.8 Å². The van der Waals surface area contributed by atoms with Crippen molar-refractivity contribution in [1.29, 1.82) is 0 Å². The molecule has 2 saturated heterocycles. The van der Waals surface area contributed by atoms with Gasteiger partial charge in [-0.15, -0.1) is 0 Å². The standard InChI is InChI=1S/C24H32N4O5/c1-24(2,3)33-21(30)14-27-11-9-15(10-12-27)16-5-6-17-19(13-16)26(4)23(32)28(17)18-7-8-20(29)25-22(18)31/h5-6,13,15,18H,7-12,14H2,1-4H3,(H,25,29,31). The van der Waals surface area contributed by atoms with E-state index >= 15 is 0 Å². The molecule has 0 aliphatic carbocycles. The highest BCUT2D eigenvalue weighted by Crippen LogP contribution is 2.31. The van der Waals surface area contributed by atoms with Crippen molar-refractivity contribution in [3.05, 3.63) is 34.2 Å². The van der Waals surface area contributed by atoms with Crippen LogP contribution in [0.5, 0.6) is 0 Å². The smallest absolute Gasteiger partial charge is 0.329 e. The van der Waals surface area contributed by atoms with Gasteiger partial charge in [-0.1, -0.05) is 6.07 Å². The summed E-state index contributed by atoms with van der Waals surface area (Å²) in [5.41, 5.74) is 1.88. The third-order valence-electron chi connectivity index (χ3n) is 6.47. The molecule has 4 rings (SSSR count). The number of likely N-dealkylation sites (tertiary alicyclic amines) is 1. The fraction of sp³-hybridized carbons (Fsp3) is 0.583. The number of nitrogens with one attached hydrogen (secondary N) is 1. The maximum atomic E-state index is 13.0. The van der Waals surface area contributed by atoms with Gasteiger partial charge >= 0.3 is 11.7 Å². The topological polar surface area (TPSA) is 103 Å². The molecule has 1 unspecified atom stereocenters. The lowest BCUT2D eigenvalue weighted by molar-refractivity contribution is -0.156. The van der Waals surface area contributed by atoms with Crippen LogP contribution in [0.2, 0.25) is 0 Å². The van der Waals surface area contributed by atoms with Gasteiger partial charge in [0.05, 0.1) is 17.6 Å². The molecule has 2 aliphatic rings. The minimum absolute atomic E-state index is 0.202. The normalized spacial score (nSPS) is 20.8. The van der Waals surface area contributed by atoms with Crippen LogP contribution < -0.4 is 11.0 Å². The number of carbonyl (C=O) groups excluding carboxylic acids is 3. The van der Waals surface area contributed by atoms with E-state index in [2.05, 4.69) is 10.2 Å². The minimum atomic E-state index is -0.680. The van der Waals surface area contributed by atoms with Crippen molar-refractivity contribution in [2.45, 2.75) is 64.0 Å². The van der Waals surface area contributed by atoms with E-state index in [0.29, 0.717) is 24.4 Å². The zero-order valence-corrected chi connectivity index (χ0v) is 19.7. The third-order valence-corrected chi connectivity index (χ3v) is 6.47. The summed E-state index contributed by atoms with van der Waals surface area (Å²) in [4.78, 5) is 51.1. The molecular formula is C24H32N4O5. The maximum absolute atomic E-state index is 13.0. The summed E-state index contributed by atoms with van der Waals surface area (Å²) in [6.45, 7) is 7.51. The summed E-state index contributed by atoms with van der Waals surface area (Å²) < 4.78 is 8.50. The van der Waals surface area contributed by atoms with Gasteiger partial charge < -0.3 is 4.74 Å². The van der Waals surface area contributed by atoms with Crippen LogP contribution in [0.15, 0.2) is 23.0 Å². The summed E-state index contributed by atoms with van der Waals surface area (Å²) in [5, 5.41) is 2.34. The fourth-order valence-corrected chi connectivity index (χ4v) is 4.84. The number of amides is 2. The molecule has 33 heavy (non-hydrogen) atoms. The number of hydrogen-bond acceptors (Lipinski definition) is 6. The number of imidazole rings is 1. The van der Waals surface area contributed by atoms with Gasteiger partial charge in [-0.25, -0.2) is 4.79 Å². The van der Waals surface area contributed by atoms with Gasteiger partial charge in [-0.2, -0.15) is 0 Å². The molecule has 2 amide bonds. The number of carbonyl (C=O) groups is 3. The Hall–Kier alpha value is -2.94. The molecule has 9 heteroatoms. The van der Waals surface area contributed by atoms with E-state index in [1.165, 1.54) is 4.57 Å². The van der Waals surface area contributed by atoms with Crippen molar-refractivity contribution in [2.75, 3.05) is 19.6 Å². The van der Waals surface area contributed by atoms with Crippen LogP contribution >= 0.6 is 0 Å². The van der Waals surface area contributed by atoms with E-state index in [-0.39, 0.29) is 24.0 Å². The third kappa shape index (κ3) is 4.88. The number of nitrogens with zero attached hydrogens (tertiary/aromatic N) is 3. The van der Waals surface area contributed by atoms with Crippen LogP contribution in [-0.4, -0.2) is 57.1 Å². The molecule has 1 atom stereocenters. The first-order chi connectivity index (χ1) is 15.5. The van der Waals surface area contributed by atoms with Gasteiger partial charge in [-0.05, 0) is 76.7 Å². The molecule has 9 nitrogen and oxygen atoms in total. The van der Waals surface area contributed by atoms with E-state index in [1.54, 1.807) is 11.6 Å².